The molecule has 3 aromatic rings. The molecule has 0 saturated heterocycles. The first-order valence-electron chi connectivity index (χ1n) is 8.55. The Labute approximate surface area is 156 Å². The lowest BCUT2D eigenvalue weighted by atomic mass is 10.0. The van der Waals surface area contributed by atoms with Gasteiger partial charge < -0.3 is 10.6 Å². The fourth-order valence-corrected chi connectivity index (χ4v) is 2.79. The predicted octanol–water partition coefficient (Wildman–Crippen LogP) is 4.09. The highest BCUT2D eigenvalue weighted by atomic mass is 19.1. The SMILES string of the molecule is N#Cc1c(F)cccc1NCCNC(=O)C=Cc1cccc2ccccc12. The molecule has 0 atom stereocenters. The maximum atomic E-state index is 13.5. The number of halogens is 1. The summed E-state index contributed by atoms with van der Waals surface area (Å²) in [4.78, 5) is 12.0. The van der Waals surface area contributed by atoms with E-state index < -0.39 is 5.82 Å². The third-order valence-corrected chi connectivity index (χ3v) is 4.10. The molecule has 3 aromatic carbocycles. The second-order valence-corrected chi connectivity index (χ2v) is 5.89. The molecule has 0 heterocycles. The molecule has 0 fully saturated rings. The number of hydrogen-bond donors (Lipinski definition) is 2. The second kappa shape index (κ2) is 8.63. The van der Waals surface area contributed by atoms with Crippen molar-refractivity contribution in [3.05, 3.63) is 83.7 Å². The zero-order chi connectivity index (χ0) is 19.1. The van der Waals surface area contributed by atoms with Crippen molar-refractivity contribution in [1.29, 1.82) is 5.26 Å². The highest BCUT2D eigenvalue weighted by molar-refractivity contribution is 5.96. The zero-order valence-electron chi connectivity index (χ0n) is 14.6. The summed E-state index contributed by atoms with van der Waals surface area (Å²) in [5.41, 5.74) is 1.36. The smallest absolute Gasteiger partial charge is 0.244 e. The number of rotatable bonds is 6. The Morgan fingerprint density at radius 1 is 1.04 bits per heavy atom. The third kappa shape index (κ3) is 4.50. The summed E-state index contributed by atoms with van der Waals surface area (Å²) in [5, 5.41) is 16.9. The minimum atomic E-state index is -0.565. The Balaban J connectivity index is 1.54. The van der Waals surface area contributed by atoms with Crippen LogP contribution in [0.3, 0.4) is 0 Å². The van der Waals surface area contributed by atoms with Crippen molar-refractivity contribution >= 4 is 28.4 Å². The van der Waals surface area contributed by atoms with Gasteiger partial charge in [0.1, 0.15) is 17.4 Å². The number of fused-ring (bicyclic) bond motifs is 1. The first-order valence-corrected chi connectivity index (χ1v) is 8.55. The van der Waals surface area contributed by atoms with E-state index in [0.29, 0.717) is 18.8 Å². The van der Waals surface area contributed by atoms with Crippen LogP contribution in [0.25, 0.3) is 16.8 Å². The topological polar surface area (TPSA) is 64.9 Å². The molecule has 0 saturated carbocycles. The molecule has 27 heavy (non-hydrogen) atoms. The minimum absolute atomic E-state index is 0.0281. The Morgan fingerprint density at radius 3 is 2.67 bits per heavy atom. The van der Waals surface area contributed by atoms with Gasteiger partial charge >= 0.3 is 0 Å². The average molecular weight is 359 g/mol. The van der Waals surface area contributed by atoms with Gasteiger partial charge in [-0.25, -0.2) is 4.39 Å². The maximum absolute atomic E-state index is 13.5. The van der Waals surface area contributed by atoms with Gasteiger partial charge in [-0.05, 0) is 34.5 Å². The Kier molecular flexibility index (Phi) is 5.80. The van der Waals surface area contributed by atoms with E-state index in [4.69, 9.17) is 5.26 Å². The van der Waals surface area contributed by atoms with Crippen LogP contribution in [0.1, 0.15) is 11.1 Å². The molecular formula is C22H18FN3O. The van der Waals surface area contributed by atoms with Gasteiger partial charge in [-0.3, -0.25) is 4.79 Å². The molecule has 0 unspecified atom stereocenters. The lowest BCUT2D eigenvalue weighted by Gasteiger charge is -2.09. The molecule has 0 spiro atoms. The van der Waals surface area contributed by atoms with Crippen molar-refractivity contribution in [3.63, 3.8) is 0 Å². The standard InChI is InChI=1S/C22H18FN3O/c23-20-9-4-10-21(19(20)15-24)25-13-14-26-22(27)12-11-17-7-3-6-16-5-1-2-8-18(16)17/h1-12,25H,13-14H2,(H,26,27). The van der Waals surface area contributed by atoms with Crippen LogP contribution in [0.2, 0.25) is 0 Å². The lowest BCUT2D eigenvalue weighted by molar-refractivity contribution is -0.116. The van der Waals surface area contributed by atoms with Crippen molar-refractivity contribution in [2.45, 2.75) is 0 Å². The number of benzene rings is 3. The quantitative estimate of drug-likeness (QED) is 0.515. The van der Waals surface area contributed by atoms with Crippen LogP contribution in [-0.2, 0) is 4.79 Å². The summed E-state index contributed by atoms with van der Waals surface area (Å²) in [6.45, 7) is 0.728. The second-order valence-electron chi connectivity index (χ2n) is 5.89. The molecule has 0 bridgehead atoms. The van der Waals surface area contributed by atoms with E-state index in [-0.39, 0.29) is 11.5 Å². The van der Waals surface area contributed by atoms with Crippen LogP contribution in [0.4, 0.5) is 10.1 Å². The van der Waals surface area contributed by atoms with Crippen molar-refractivity contribution in [2.75, 3.05) is 18.4 Å². The normalized spacial score (nSPS) is 10.7. The van der Waals surface area contributed by atoms with Crippen molar-refractivity contribution < 1.29 is 9.18 Å². The maximum Gasteiger partial charge on any atom is 0.244 e. The summed E-state index contributed by atoms with van der Waals surface area (Å²) >= 11 is 0. The fraction of sp³-hybridized carbons (Fsp3) is 0.0909. The highest BCUT2D eigenvalue weighted by Gasteiger charge is 2.06. The van der Waals surface area contributed by atoms with Crippen LogP contribution in [0, 0.1) is 17.1 Å². The molecule has 3 rings (SSSR count). The Bertz CT molecular complexity index is 1030. The number of carbonyl (C=O) groups excluding carboxylic acids is 1. The molecule has 1 amide bonds. The molecule has 0 aliphatic rings. The van der Waals surface area contributed by atoms with E-state index in [1.54, 1.807) is 12.1 Å². The molecule has 0 aromatic heterocycles. The number of nitriles is 1. The fourth-order valence-electron chi connectivity index (χ4n) is 2.79. The first-order chi connectivity index (χ1) is 13.2. The van der Waals surface area contributed by atoms with Gasteiger partial charge in [0, 0.05) is 19.2 Å². The van der Waals surface area contributed by atoms with E-state index in [1.165, 1.54) is 18.2 Å². The summed E-state index contributed by atoms with van der Waals surface area (Å²) in [5.74, 6) is -0.783. The van der Waals surface area contributed by atoms with E-state index in [1.807, 2.05) is 48.5 Å². The van der Waals surface area contributed by atoms with Crippen LogP contribution in [0.5, 0.6) is 0 Å². The first kappa shape index (κ1) is 18.2. The number of hydrogen-bond acceptors (Lipinski definition) is 3. The number of nitrogens with one attached hydrogen (secondary N) is 2. The van der Waals surface area contributed by atoms with E-state index in [2.05, 4.69) is 10.6 Å². The summed E-state index contributed by atoms with van der Waals surface area (Å²) in [6, 6.07) is 20.2. The Morgan fingerprint density at radius 2 is 1.81 bits per heavy atom. The summed E-state index contributed by atoms with van der Waals surface area (Å²) in [7, 11) is 0. The van der Waals surface area contributed by atoms with Crippen LogP contribution < -0.4 is 10.6 Å². The van der Waals surface area contributed by atoms with Crippen LogP contribution in [0.15, 0.2) is 66.7 Å². The monoisotopic (exact) mass is 359 g/mol. The lowest BCUT2D eigenvalue weighted by Crippen LogP contribution is -2.27. The molecule has 0 radical (unpaired) electrons. The van der Waals surface area contributed by atoms with Crippen molar-refractivity contribution in [3.8, 4) is 6.07 Å². The molecule has 4 nitrogen and oxygen atoms in total. The number of nitrogens with zero attached hydrogens (tertiary/aromatic N) is 1. The molecule has 2 N–H and O–H groups in total. The molecule has 134 valence electrons. The van der Waals surface area contributed by atoms with Gasteiger partial charge in [0.25, 0.3) is 0 Å². The zero-order valence-corrected chi connectivity index (χ0v) is 14.6. The third-order valence-electron chi connectivity index (χ3n) is 4.10. The van der Waals surface area contributed by atoms with Gasteiger partial charge in [0.15, 0.2) is 0 Å². The Hall–Kier alpha value is -3.65. The van der Waals surface area contributed by atoms with Crippen molar-refractivity contribution in [1.82, 2.24) is 5.32 Å². The number of amides is 1. The number of carbonyl (C=O) groups is 1. The van der Waals surface area contributed by atoms with E-state index >= 15 is 0 Å². The molecule has 0 aliphatic carbocycles. The van der Waals surface area contributed by atoms with Gasteiger partial charge in [-0.1, -0.05) is 48.5 Å². The van der Waals surface area contributed by atoms with Crippen LogP contribution >= 0.6 is 0 Å². The minimum Gasteiger partial charge on any atom is -0.382 e. The average Bonchev–Trinajstić information content (AvgIpc) is 2.69. The number of anilines is 1. The largest absolute Gasteiger partial charge is 0.382 e. The van der Waals surface area contributed by atoms with Crippen molar-refractivity contribution in [2.24, 2.45) is 0 Å². The van der Waals surface area contributed by atoms with Gasteiger partial charge in [0.2, 0.25) is 5.91 Å². The molecule has 0 aliphatic heterocycles. The summed E-state index contributed by atoms with van der Waals surface area (Å²) in [6.07, 6.45) is 3.27. The van der Waals surface area contributed by atoms with Gasteiger partial charge in [0.05, 0.1) is 5.69 Å². The predicted molar refractivity (Wildman–Crippen MR) is 106 cm³/mol. The van der Waals surface area contributed by atoms with E-state index in [0.717, 1.165) is 16.3 Å². The molecule has 5 heteroatoms. The summed E-state index contributed by atoms with van der Waals surface area (Å²) < 4.78 is 13.5. The van der Waals surface area contributed by atoms with E-state index in [9.17, 15) is 9.18 Å². The van der Waals surface area contributed by atoms with Gasteiger partial charge in [-0.2, -0.15) is 5.26 Å². The highest BCUT2D eigenvalue weighted by Crippen LogP contribution is 2.19. The molecular weight excluding hydrogens is 341 g/mol. The van der Waals surface area contributed by atoms with Gasteiger partial charge in [-0.15, -0.1) is 0 Å². The van der Waals surface area contributed by atoms with Crippen LogP contribution in [-0.4, -0.2) is 19.0 Å².